The minimum absolute atomic E-state index is 0.0147. The minimum Gasteiger partial charge on any atom is -0.359 e. The van der Waals surface area contributed by atoms with Crippen molar-refractivity contribution in [1.82, 2.24) is 16.0 Å². The van der Waals surface area contributed by atoms with E-state index in [4.69, 9.17) is 23.2 Å². The van der Waals surface area contributed by atoms with E-state index in [2.05, 4.69) is 20.9 Å². The summed E-state index contributed by atoms with van der Waals surface area (Å²) in [5, 5.41) is 10.1. The monoisotopic (exact) mass is 358 g/mol. The maximum atomic E-state index is 11.8. The Morgan fingerprint density at radius 3 is 2.48 bits per heavy atom. The van der Waals surface area contributed by atoms with E-state index in [1.54, 1.807) is 20.2 Å². The van der Waals surface area contributed by atoms with E-state index in [9.17, 15) is 4.79 Å². The van der Waals surface area contributed by atoms with Crippen molar-refractivity contribution in [2.24, 2.45) is 10.4 Å². The standard InChI is InChI=1S/C16H24Cl2N4O/c1-10(11-6-7-12(17)13(18)8-11)22-15(20-5)21-9-16(2,3)14(23)19-4/h6-8,10H,9H2,1-5H3,(H,19,23)(H2,20,21,22). The van der Waals surface area contributed by atoms with Crippen LogP contribution in [-0.4, -0.2) is 32.5 Å². The van der Waals surface area contributed by atoms with Gasteiger partial charge in [0.2, 0.25) is 5.91 Å². The summed E-state index contributed by atoms with van der Waals surface area (Å²) in [6.45, 7) is 6.19. The Morgan fingerprint density at radius 1 is 1.30 bits per heavy atom. The van der Waals surface area contributed by atoms with E-state index in [-0.39, 0.29) is 11.9 Å². The van der Waals surface area contributed by atoms with E-state index in [1.807, 2.05) is 32.9 Å². The molecule has 0 bridgehead atoms. The minimum atomic E-state index is -0.542. The molecule has 1 aromatic carbocycles. The van der Waals surface area contributed by atoms with E-state index in [1.165, 1.54) is 0 Å². The second-order valence-electron chi connectivity index (χ2n) is 5.93. The predicted octanol–water partition coefficient (Wildman–Crippen LogP) is 2.99. The van der Waals surface area contributed by atoms with Gasteiger partial charge < -0.3 is 16.0 Å². The highest BCUT2D eigenvalue weighted by Gasteiger charge is 2.26. The van der Waals surface area contributed by atoms with Crippen LogP contribution in [0, 0.1) is 5.41 Å². The normalized spacial score (nSPS) is 13.4. The highest BCUT2D eigenvalue weighted by atomic mass is 35.5. The van der Waals surface area contributed by atoms with Crippen molar-refractivity contribution in [2.75, 3.05) is 20.6 Å². The molecular weight excluding hydrogens is 335 g/mol. The van der Waals surface area contributed by atoms with E-state index < -0.39 is 5.41 Å². The highest BCUT2D eigenvalue weighted by Crippen LogP contribution is 2.25. The summed E-state index contributed by atoms with van der Waals surface area (Å²) in [5.41, 5.74) is 0.451. The fraction of sp³-hybridized carbons (Fsp3) is 0.500. The first-order valence-corrected chi connectivity index (χ1v) is 8.11. The van der Waals surface area contributed by atoms with Crippen LogP contribution in [0.4, 0.5) is 0 Å². The van der Waals surface area contributed by atoms with Crippen LogP contribution < -0.4 is 16.0 Å². The molecule has 0 heterocycles. The molecule has 3 N–H and O–H groups in total. The molecule has 1 atom stereocenters. The fourth-order valence-electron chi connectivity index (χ4n) is 1.99. The second-order valence-corrected chi connectivity index (χ2v) is 6.74. The first kappa shape index (κ1) is 19.6. The van der Waals surface area contributed by atoms with Gasteiger partial charge in [0.25, 0.3) is 0 Å². The number of carbonyl (C=O) groups is 1. The summed E-state index contributed by atoms with van der Waals surface area (Å²) in [6.07, 6.45) is 0. The number of nitrogens with one attached hydrogen (secondary N) is 3. The van der Waals surface area contributed by atoms with Crippen LogP contribution in [0.2, 0.25) is 10.0 Å². The maximum absolute atomic E-state index is 11.8. The Balaban J connectivity index is 2.69. The number of hydrogen-bond donors (Lipinski definition) is 3. The smallest absolute Gasteiger partial charge is 0.227 e. The number of amides is 1. The zero-order valence-corrected chi connectivity index (χ0v) is 15.6. The molecule has 0 aromatic heterocycles. The van der Waals surface area contributed by atoms with Crippen molar-refractivity contribution in [3.05, 3.63) is 33.8 Å². The topological polar surface area (TPSA) is 65.5 Å². The largest absolute Gasteiger partial charge is 0.359 e. The highest BCUT2D eigenvalue weighted by molar-refractivity contribution is 6.42. The van der Waals surface area contributed by atoms with Gasteiger partial charge in [-0.15, -0.1) is 0 Å². The molecule has 1 aromatic rings. The van der Waals surface area contributed by atoms with E-state index in [0.29, 0.717) is 22.5 Å². The van der Waals surface area contributed by atoms with Gasteiger partial charge in [0.05, 0.1) is 21.5 Å². The fourth-order valence-corrected chi connectivity index (χ4v) is 2.29. The Morgan fingerprint density at radius 2 is 1.96 bits per heavy atom. The first-order chi connectivity index (χ1) is 10.7. The lowest BCUT2D eigenvalue weighted by atomic mass is 9.92. The van der Waals surface area contributed by atoms with Crippen LogP contribution in [-0.2, 0) is 4.79 Å². The molecule has 0 spiro atoms. The quantitative estimate of drug-likeness (QED) is 0.559. The molecule has 0 fully saturated rings. The summed E-state index contributed by atoms with van der Waals surface area (Å²) >= 11 is 12.0. The van der Waals surface area contributed by atoms with Gasteiger partial charge in [-0.3, -0.25) is 9.79 Å². The second kappa shape index (κ2) is 8.41. The molecule has 0 saturated carbocycles. The third kappa shape index (κ3) is 5.59. The van der Waals surface area contributed by atoms with Crippen molar-refractivity contribution >= 4 is 35.1 Å². The van der Waals surface area contributed by atoms with Gasteiger partial charge in [-0.05, 0) is 38.5 Å². The van der Waals surface area contributed by atoms with Crippen molar-refractivity contribution in [3.63, 3.8) is 0 Å². The maximum Gasteiger partial charge on any atom is 0.227 e. The van der Waals surface area contributed by atoms with Gasteiger partial charge in [0, 0.05) is 20.6 Å². The summed E-state index contributed by atoms with van der Waals surface area (Å²) < 4.78 is 0. The van der Waals surface area contributed by atoms with Crippen LogP contribution in [0.1, 0.15) is 32.4 Å². The summed E-state index contributed by atoms with van der Waals surface area (Å²) in [6, 6.07) is 5.48. The number of nitrogens with zero attached hydrogens (tertiary/aromatic N) is 1. The summed E-state index contributed by atoms with van der Waals surface area (Å²) in [5.74, 6) is 0.582. The number of aliphatic imine (C=N–C) groups is 1. The Hall–Kier alpha value is -1.46. The molecule has 0 radical (unpaired) electrons. The average molecular weight is 359 g/mol. The van der Waals surface area contributed by atoms with Gasteiger partial charge >= 0.3 is 0 Å². The number of benzene rings is 1. The molecule has 1 rings (SSSR count). The van der Waals surface area contributed by atoms with Gasteiger partial charge in [0.15, 0.2) is 5.96 Å². The van der Waals surface area contributed by atoms with Crippen LogP contribution >= 0.6 is 23.2 Å². The summed E-state index contributed by atoms with van der Waals surface area (Å²) in [4.78, 5) is 16.0. The molecule has 23 heavy (non-hydrogen) atoms. The third-order valence-corrected chi connectivity index (χ3v) is 4.30. The number of carbonyl (C=O) groups excluding carboxylic acids is 1. The number of hydrogen-bond acceptors (Lipinski definition) is 2. The molecule has 128 valence electrons. The molecule has 0 aliphatic heterocycles. The molecule has 0 aliphatic rings. The first-order valence-electron chi connectivity index (χ1n) is 7.35. The van der Waals surface area contributed by atoms with Crippen LogP contribution in [0.25, 0.3) is 0 Å². The molecule has 1 amide bonds. The lowest BCUT2D eigenvalue weighted by molar-refractivity contribution is -0.128. The van der Waals surface area contributed by atoms with Crippen molar-refractivity contribution in [1.29, 1.82) is 0 Å². The lowest BCUT2D eigenvalue weighted by Gasteiger charge is -2.25. The van der Waals surface area contributed by atoms with Gasteiger partial charge in [-0.25, -0.2) is 0 Å². The van der Waals surface area contributed by atoms with E-state index in [0.717, 1.165) is 5.56 Å². The zero-order chi connectivity index (χ0) is 17.6. The lowest BCUT2D eigenvalue weighted by Crippen LogP contribution is -2.47. The summed E-state index contributed by atoms with van der Waals surface area (Å²) in [7, 11) is 3.31. The van der Waals surface area contributed by atoms with E-state index >= 15 is 0 Å². The average Bonchev–Trinajstić information content (AvgIpc) is 2.52. The molecular formula is C16H24Cl2N4O. The molecule has 0 saturated heterocycles. The number of halogens is 2. The van der Waals surface area contributed by atoms with Gasteiger partial charge in [-0.1, -0.05) is 29.3 Å². The SMILES string of the molecule is CN=C(NCC(C)(C)C(=O)NC)NC(C)c1ccc(Cl)c(Cl)c1. The van der Waals surface area contributed by atoms with Crippen LogP contribution in [0.3, 0.4) is 0 Å². The predicted molar refractivity (Wildman–Crippen MR) is 97.2 cm³/mol. The Bertz CT molecular complexity index is 587. The van der Waals surface area contributed by atoms with Gasteiger partial charge in [0.1, 0.15) is 0 Å². The van der Waals surface area contributed by atoms with Crippen LogP contribution in [0.15, 0.2) is 23.2 Å². The van der Waals surface area contributed by atoms with Gasteiger partial charge in [-0.2, -0.15) is 0 Å². The molecule has 5 nitrogen and oxygen atoms in total. The third-order valence-electron chi connectivity index (χ3n) is 3.56. The van der Waals surface area contributed by atoms with Crippen molar-refractivity contribution < 1.29 is 4.79 Å². The Kier molecular flexibility index (Phi) is 7.16. The zero-order valence-electron chi connectivity index (χ0n) is 14.1. The molecule has 1 unspecified atom stereocenters. The van der Waals surface area contributed by atoms with Crippen LogP contribution in [0.5, 0.6) is 0 Å². The number of guanidine groups is 1. The van der Waals surface area contributed by atoms with Crippen molar-refractivity contribution in [2.45, 2.75) is 26.8 Å². The van der Waals surface area contributed by atoms with Crippen molar-refractivity contribution in [3.8, 4) is 0 Å². The molecule has 7 heteroatoms. The Labute approximate surface area is 147 Å². The molecule has 0 aliphatic carbocycles. The number of rotatable bonds is 5.